The second-order valence-corrected chi connectivity index (χ2v) is 5.97. The molecule has 2 aromatic heterocycles. The van der Waals surface area contributed by atoms with E-state index in [4.69, 9.17) is 15.6 Å². The molecule has 0 saturated carbocycles. The first-order chi connectivity index (χ1) is 10.2. The molecule has 3 N–H and O–H groups in total. The van der Waals surface area contributed by atoms with Gasteiger partial charge in [0.2, 0.25) is 0 Å². The molecule has 0 saturated heterocycles. The maximum absolute atomic E-state index is 7.60. The summed E-state index contributed by atoms with van der Waals surface area (Å²) in [5, 5.41) is 9.76. The lowest BCUT2D eigenvalue weighted by atomic mass is 10.1. The van der Waals surface area contributed by atoms with E-state index in [0.717, 1.165) is 37.3 Å². The lowest BCUT2D eigenvalue weighted by Gasteiger charge is -1.98. The van der Waals surface area contributed by atoms with Crippen LogP contribution in [0.1, 0.15) is 4.88 Å². The number of hydrogen-bond acceptors (Lipinski definition) is 3. The number of nitrogen functional groups attached to an aromatic ring is 1. The smallest absolute Gasteiger partial charge is 0.136 e. The molecule has 110 valence electrons. The summed E-state index contributed by atoms with van der Waals surface area (Å²) < 4.78 is 7.06. The Bertz CT molecular complexity index is 954. The summed E-state index contributed by atoms with van der Waals surface area (Å²) in [5.74, 6) is 0.946. The molecule has 4 rings (SSSR count). The van der Waals surface area contributed by atoms with Crippen molar-refractivity contribution in [3.05, 3.63) is 59.5 Å². The maximum atomic E-state index is 7.60. The number of amidine groups is 1. The van der Waals surface area contributed by atoms with Crippen molar-refractivity contribution in [1.82, 2.24) is 0 Å². The van der Waals surface area contributed by atoms with Gasteiger partial charge < -0.3 is 10.2 Å². The van der Waals surface area contributed by atoms with Gasteiger partial charge in [-0.1, -0.05) is 30.3 Å². The molecule has 0 atom stereocenters. The van der Waals surface area contributed by atoms with E-state index in [0.29, 0.717) is 0 Å². The van der Waals surface area contributed by atoms with Gasteiger partial charge in [-0.05, 0) is 24.3 Å². The monoisotopic (exact) mass is 328 g/mol. The molecular formula is C17H13ClN2OS. The third-order valence-corrected chi connectivity index (χ3v) is 4.65. The Labute approximate surface area is 137 Å². The number of benzene rings is 2. The van der Waals surface area contributed by atoms with Gasteiger partial charge in [0.05, 0.1) is 4.88 Å². The SMILES string of the molecule is Cl.N=C(N)c1cc2c(-c3cc4ccccc4o3)cccc2s1. The van der Waals surface area contributed by atoms with Gasteiger partial charge in [-0.3, -0.25) is 5.41 Å². The first-order valence-electron chi connectivity index (χ1n) is 6.58. The summed E-state index contributed by atoms with van der Waals surface area (Å²) in [6, 6.07) is 18.1. The number of furan rings is 1. The number of thiophene rings is 1. The Morgan fingerprint density at radius 3 is 2.64 bits per heavy atom. The molecule has 5 heteroatoms. The molecule has 0 aliphatic carbocycles. The number of rotatable bonds is 2. The largest absolute Gasteiger partial charge is 0.456 e. The molecule has 0 amide bonds. The van der Waals surface area contributed by atoms with Gasteiger partial charge in [0.1, 0.15) is 17.2 Å². The summed E-state index contributed by atoms with van der Waals surface area (Å²) in [6.45, 7) is 0. The molecule has 0 spiro atoms. The first kappa shape index (κ1) is 14.6. The predicted octanol–water partition coefficient (Wildman–Crippen LogP) is 5.02. The first-order valence-corrected chi connectivity index (χ1v) is 7.40. The number of para-hydroxylation sites is 1. The zero-order valence-corrected chi connectivity index (χ0v) is 13.1. The summed E-state index contributed by atoms with van der Waals surface area (Å²) in [6.07, 6.45) is 0. The fraction of sp³-hybridized carbons (Fsp3) is 0. The topological polar surface area (TPSA) is 63.0 Å². The predicted molar refractivity (Wildman–Crippen MR) is 95.3 cm³/mol. The molecule has 3 nitrogen and oxygen atoms in total. The Morgan fingerprint density at radius 2 is 1.86 bits per heavy atom. The Morgan fingerprint density at radius 1 is 1.05 bits per heavy atom. The van der Waals surface area contributed by atoms with Crippen LogP contribution >= 0.6 is 23.7 Å². The normalized spacial score (nSPS) is 10.7. The molecule has 0 fully saturated rings. The van der Waals surface area contributed by atoms with E-state index < -0.39 is 0 Å². The van der Waals surface area contributed by atoms with Gasteiger partial charge in [0.25, 0.3) is 0 Å². The standard InChI is InChI=1S/C17H12N2OS.ClH/c18-17(19)16-9-12-11(5-3-7-15(12)21-16)14-8-10-4-1-2-6-13(10)20-14;/h1-9H,(H3,18,19);1H. The van der Waals surface area contributed by atoms with E-state index in [1.54, 1.807) is 0 Å². The van der Waals surface area contributed by atoms with Crippen molar-refractivity contribution in [2.45, 2.75) is 0 Å². The van der Waals surface area contributed by atoms with E-state index in [-0.39, 0.29) is 18.2 Å². The zero-order chi connectivity index (χ0) is 14.4. The average molecular weight is 329 g/mol. The van der Waals surface area contributed by atoms with E-state index in [1.807, 2.05) is 48.5 Å². The van der Waals surface area contributed by atoms with E-state index in [2.05, 4.69) is 6.07 Å². The van der Waals surface area contributed by atoms with Crippen molar-refractivity contribution >= 4 is 50.6 Å². The Balaban J connectivity index is 0.00000144. The van der Waals surface area contributed by atoms with Crippen LogP contribution in [0.4, 0.5) is 0 Å². The number of halogens is 1. The highest BCUT2D eigenvalue weighted by molar-refractivity contribution is 7.20. The van der Waals surface area contributed by atoms with Crippen molar-refractivity contribution in [2.75, 3.05) is 0 Å². The van der Waals surface area contributed by atoms with Gasteiger partial charge in [0, 0.05) is 21.0 Å². The highest BCUT2D eigenvalue weighted by Gasteiger charge is 2.12. The number of fused-ring (bicyclic) bond motifs is 2. The van der Waals surface area contributed by atoms with Crippen LogP contribution in [-0.4, -0.2) is 5.84 Å². The Kier molecular flexibility index (Phi) is 3.64. The molecule has 2 heterocycles. The van der Waals surface area contributed by atoms with E-state index in [9.17, 15) is 0 Å². The second-order valence-electron chi connectivity index (χ2n) is 4.89. The zero-order valence-electron chi connectivity index (χ0n) is 11.5. The Hall–Kier alpha value is -2.30. The van der Waals surface area contributed by atoms with Crippen LogP contribution in [0.25, 0.3) is 32.4 Å². The minimum Gasteiger partial charge on any atom is -0.456 e. The van der Waals surface area contributed by atoms with Crippen molar-refractivity contribution in [3.8, 4) is 11.3 Å². The molecule has 0 aliphatic rings. The average Bonchev–Trinajstić information content (AvgIpc) is 3.10. The van der Waals surface area contributed by atoms with E-state index in [1.165, 1.54) is 11.3 Å². The number of hydrogen-bond donors (Lipinski definition) is 2. The fourth-order valence-corrected chi connectivity index (χ4v) is 3.47. The molecule has 0 aliphatic heterocycles. The van der Waals surface area contributed by atoms with Crippen LogP contribution < -0.4 is 5.73 Å². The quantitative estimate of drug-likeness (QED) is 0.401. The molecule has 4 aromatic rings. The lowest BCUT2D eigenvalue weighted by molar-refractivity contribution is 0.632. The van der Waals surface area contributed by atoms with Gasteiger partial charge in [-0.15, -0.1) is 23.7 Å². The summed E-state index contributed by atoms with van der Waals surface area (Å²) in [4.78, 5) is 0.786. The molecule has 0 unspecified atom stereocenters. The van der Waals surface area contributed by atoms with Crippen LogP contribution in [0.3, 0.4) is 0 Å². The van der Waals surface area contributed by atoms with Crippen LogP contribution in [0.15, 0.2) is 59.0 Å². The summed E-state index contributed by atoms with van der Waals surface area (Å²) in [5.41, 5.74) is 7.51. The highest BCUT2D eigenvalue weighted by Crippen LogP contribution is 2.36. The maximum Gasteiger partial charge on any atom is 0.136 e. The lowest BCUT2D eigenvalue weighted by Crippen LogP contribution is -2.08. The minimum absolute atomic E-state index is 0. The van der Waals surface area contributed by atoms with Gasteiger partial charge >= 0.3 is 0 Å². The minimum atomic E-state index is 0. The van der Waals surface area contributed by atoms with Crippen LogP contribution in [0, 0.1) is 5.41 Å². The third kappa shape index (κ3) is 2.26. The van der Waals surface area contributed by atoms with Gasteiger partial charge in [0.15, 0.2) is 0 Å². The third-order valence-electron chi connectivity index (χ3n) is 3.52. The van der Waals surface area contributed by atoms with Gasteiger partial charge in [-0.2, -0.15) is 0 Å². The molecule has 0 bridgehead atoms. The summed E-state index contributed by atoms with van der Waals surface area (Å²) in [7, 11) is 0. The highest BCUT2D eigenvalue weighted by atomic mass is 35.5. The van der Waals surface area contributed by atoms with Crippen LogP contribution in [0.5, 0.6) is 0 Å². The van der Waals surface area contributed by atoms with Crippen molar-refractivity contribution in [3.63, 3.8) is 0 Å². The molecular weight excluding hydrogens is 316 g/mol. The second kappa shape index (κ2) is 5.48. The van der Waals surface area contributed by atoms with E-state index >= 15 is 0 Å². The fourth-order valence-electron chi connectivity index (χ4n) is 2.52. The van der Waals surface area contributed by atoms with Crippen LogP contribution in [-0.2, 0) is 0 Å². The van der Waals surface area contributed by atoms with Crippen molar-refractivity contribution in [1.29, 1.82) is 5.41 Å². The molecule has 22 heavy (non-hydrogen) atoms. The summed E-state index contributed by atoms with van der Waals surface area (Å²) >= 11 is 1.53. The number of nitrogens with two attached hydrogens (primary N) is 1. The van der Waals surface area contributed by atoms with Gasteiger partial charge in [-0.25, -0.2) is 0 Å². The molecule has 0 radical (unpaired) electrons. The van der Waals surface area contributed by atoms with Crippen molar-refractivity contribution < 1.29 is 4.42 Å². The van der Waals surface area contributed by atoms with Crippen LogP contribution in [0.2, 0.25) is 0 Å². The number of nitrogens with one attached hydrogen (secondary N) is 1. The molecule has 2 aromatic carbocycles. The van der Waals surface area contributed by atoms with Crippen molar-refractivity contribution in [2.24, 2.45) is 5.73 Å².